The molecule has 0 aliphatic carbocycles. The number of amides is 1. The number of ether oxygens (including phenoxy) is 1. The minimum absolute atomic E-state index is 0.157. The van der Waals surface area contributed by atoms with Crippen molar-refractivity contribution in [3.63, 3.8) is 0 Å². The summed E-state index contributed by atoms with van der Waals surface area (Å²) in [6, 6.07) is 0.676. The molecule has 2 saturated heterocycles. The van der Waals surface area contributed by atoms with Gasteiger partial charge >= 0.3 is 0 Å². The molecule has 0 radical (unpaired) electrons. The van der Waals surface area contributed by atoms with E-state index in [9.17, 15) is 4.79 Å². The van der Waals surface area contributed by atoms with Crippen molar-refractivity contribution >= 4 is 17.7 Å². The minimum Gasteiger partial charge on any atom is -0.381 e. The van der Waals surface area contributed by atoms with Gasteiger partial charge in [0.05, 0.1) is 0 Å². The summed E-state index contributed by atoms with van der Waals surface area (Å²) in [4.78, 5) is 16.8. The number of rotatable bonds is 4. The Morgan fingerprint density at radius 1 is 1.26 bits per heavy atom. The Bertz CT molecular complexity index is 287. The SMILES string of the molecule is CSC[C@@H](C)C(=O)N1CCN(C2CCOCC2)CC1. The molecule has 0 spiro atoms. The maximum atomic E-state index is 12.2. The summed E-state index contributed by atoms with van der Waals surface area (Å²) in [5.74, 6) is 1.42. The van der Waals surface area contributed by atoms with Crippen LogP contribution in [0.25, 0.3) is 0 Å². The van der Waals surface area contributed by atoms with Gasteiger partial charge in [-0.25, -0.2) is 0 Å². The largest absolute Gasteiger partial charge is 0.381 e. The second-order valence-corrected chi connectivity index (χ2v) is 6.47. The molecule has 2 aliphatic rings. The third kappa shape index (κ3) is 4.10. The Labute approximate surface area is 120 Å². The second kappa shape index (κ2) is 7.50. The second-order valence-electron chi connectivity index (χ2n) is 5.56. The summed E-state index contributed by atoms with van der Waals surface area (Å²) < 4.78 is 5.41. The highest BCUT2D eigenvalue weighted by atomic mass is 32.2. The van der Waals surface area contributed by atoms with Gasteiger partial charge < -0.3 is 9.64 Å². The summed E-state index contributed by atoms with van der Waals surface area (Å²) in [6.07, 6.45) is 4.36. The number of hydrogen-bond donors (Lipinski definition) is 0. The van der Waals surface area contributed by atoms with Crippen LogP contribution in [0.15, 0.2) is 0 Å². The van der Waals surface area contributed by atoms with Crippen LogP contribution in [0.1, 0.15) is 19.8 Å². The predicted octanol–water partition coefficient (Wildman–Crippen LogP) is 1.31. The average molecular weight is 286 g/mol. The van der Waals surface area contributed by atoms with Gasteiger partial charge in [0, 0.05) is 57.1 Å². The van der Waals surface area contributed by atoms with Gasteiger partial charge in [0.15, 0.2) is 0 Å². The molecule has 0 aromatic carbocycles. The Morgan fingerprint density at radius 2 is 1.89 bits per heavy atom. The maximum absolute atomic E-state index is 12.2. The van der Waals surface area contributed by atoms with Crippen molar-refractivity contribution in [2.45, 2.75) is 25.8 Å². The van der Waals surface area contributed by atoms with Gasteiger partial charge in [0.25, 0.3) is 0 Å². The Balaban J connectivity index is 1.76. The molecule has 19 heavy (non-hydrogen) atoms. The molecule has 0 N–H and O–H groups in total. The average Bonchev–Trinajstić information content (AvgIpc) is 2.48. The van der Waals surface area contributed by atoms with Crippen molar-refractivity contribution in [2.24, 2.45) is 5.92 Å². The normalized spacial score (nSPS) is 24.4. The van der Waals surface area contributed by atoms with Gasteiger partial charge in [-0.15, -0.1) is 0 Å². The van der Waals surface area contributed by atoms with Crippen LogP contribution in [0.5, 0.6) is 0 Å². The van der Waals surface area contributed by atoms with E-state index in [0.29, 0.717) is 11.9 Å². The first-order valence-corrected chi connectivity index (χ1v) is 8.71. The van der Waals surface area contributed by atoms with Gasteiger partial charge in [-0.2, -0.15) is 11.8 Å². The van der Waals surface area contributed by atoms with Gasteiger partial charge in [-0.05, 0) is 19.1 Å². The van der Waals surface area contributed by atoms with E-state index < -0.39 is 0 Å². The molecule has 0 unspecified atom stereocenters. The maximum Gasteiger partial charge on any atom is 0.226 e. The van der Waals surface area contributed by atoms with E-state index in [4.69, 9.17) is 4.74 Å². The van der Waals surface area contributed by atoms with Crippen LogP contribution in [-0.2, 0) is 9.53 Å². The van der Waals surface area contributed by atoms with Gasteiger partial charge in [0.1, 0.15) is 0 Å². The highest BCUT2D eigenvalue weighted by Crippen LogP contribution is 2.18. The zero-order valence-corrected chi connectivity index (χ0v) is 13.0. The number of carbonyl (C=O) groups is 1. The Hall–Kier alpha value is -0.260. The van der Waals surface area contributed by atoms with E-state index in [0.717, 1.165) is 58.0 Å². The fourth-order valence-corrected chi connectivity index (χ4v) is 3.63. The molecule has 4 nitrogen and oxygen atoms in total. The monoisotopic (exact) mass is 286 g/mol. The lowest BCUT2D eigenvalue weighted by molar-refractivity contribution is -0.136. The van der Waals surface area contributed by atoms with Gasteiger partial charge in [0.2, 0.25) is 5.91 Å². The smallest absolute Gasteiger partial charge is 0.226 e. The van der Waals surface area contributed by atoms with Gasteiger partial charge in [-0.1, -0.05) is 6.92 Å². The van der Waals surface area contributed by atoms with E-state index in [1.807, 2.05) is 6.92 Å². The highest BCUT2D eigenvalue weighted by molar-refractivity contribution is 7.98. The van der Waals surface area contributed by atoms with Crippen molar-refractivity contribution in [2.75, 3.05) is 51.4 Å². The number of piperazine rings is 1. The number of thioether (sulfide) groups is 1. The standard InChI is InChI=1S/C14H26N2O2S/c1-12(11-19-2)14(17)16-7-5-15(6-8-16)13-3-9-18-10-4-13/h12-13H,3-11H2,1-2H3/t12-/m1/s1. The molecular weight excluding hydrogens is 260 g/mol. The lowest BCUT2D eigenvalue weighted by Gasteiger charge is -2.41. The molecule has 2 rings (SSSR count). The third-order valence-corrected chi connectivity index (χ3v) is 5.00. The van der Waals surface area contributed by atoms with E-state index in [1.165, 1.54) is 0 Å². The zero-order chi connectivity index (χ0) is 13.7. The summed E-state index contributed by atoms with van der Waals surface area (Å²) in [5.41, 5.74) is 0. The third-order valence-electron chi connectivity index (χ3n) is 4.17. The fraction of sp³-hybridized carbons (Fsp3) is 0.929. The molecule has 0 aromatic rings. The van der Waals surface area contributed by atoms with E-state index >= 15 is 0 Å². The summed E-state index contributed by atoms with van der Waals surface area (Å²) in [7, 11) is 0. The topological polar surface area (TPSA) is 32.8 Å². The predicted molar refractivity (Wildman–Crippen MR) is 79.5 cm³/mol. The molecule has 0 aromatic heterocycles. The molecule has 110 valence electrons. The molecule has 2 fully saturated rings. The summed E-state index contributed by atoms with van der Waals surface area (Å²) >= 11 is 1.75. The van der Waals surface area contributed by atoms with Crippen LogP contribution in [0, 0.1) is 5.92 Å². The number of hydrogen-bond acceptors (Lipinski definition) is 4. The van der Waals surface area contributed by atoms with Crippen molar-refractivity contribution in [3.8, 4) is 0 Å². The Morgan fingerprint density at radius 3 is 2.47 bits per heavy atom. The van der Waals surface area contributed by atoms with Crippen molar-refractivity contribution in [1.29, 1.82) is 0 Å². The molecule has 0 bridgehead atoms. The van der Waals surface area contributed by atoms with Crippen LogP contribution in [0.2, 0.25) is 0 Å². The minimum atomic E-state index is 0.157. The first-order chi connectivity index (χ1) is 9.22. The van der Waals surface area contributed by atoms with Gasteiger partial charge in [-0.3, -0.25) is 9.69 Å². The molecule has 1 atom stereocenters. The molecule has 1 amide bonds. The van der Waals surface area contributed by atoms with Crippen molar-refractivity contribution in [3.05, 3.63) is 0 Å². The lowest BCUT2D eigenvalue weighted by Crippen LogP contribution is -2.54. The zero-order valence-electron chi connectivity index (χ0n) is 12.1. The van der Waals surface area contributed by atoms with Crippen LogP contribution in [0.4, 0.5) is 0 Å². The Kier molecular flexibility index (Phi) is 5.98. The first kappa shape index (κ1) is 15.1. The van der Waals surface area contributed by atoms with Crippen molar-refractivity contribution in [1.82, 2.24) is 9.80 Å². The molecule has 0 saturated carbocycles. The number of nitrogens with zero attached hydrogens (tertiary/aromatic N) is 2. The van der Waals surface area contributed by atoms with Crippen molar-refractivity contribution < 1.29 is 9.53 Å². The highest BCUT2D eigenvalue weighted by Gasteiger charge is 2.28. The molecule has 2 heterocycles. The summed E-state index contributed by atoms with van der Waals surface area (Å²) in [5, 5.41) is 0. The quantitative estimate of drug-likeness (QED) is 0.780. The fourth-order valence-electron chi connectivity index (χ4n) is 2.99. The molecule has 5 heteroatoms. The van der Waals surface area contributed by atoms with Crippen LogP contribution in [-0.4, -0.2) is 73.2 Å². The van der Waals surface area contributed by atoms with Crippen LogP contribution >= 0.6 is 11.8 Å². The van der Waals surface area contributed by atoms with Crippen LogP contribution in [0.3, 0.4) is 0 Å². The van der Waals surface area contributed by atoms with E-state index in [1.54, 1.807) is 11.8 Å². The summed E-state index contributed by atoms with van der Waals surface area (Å²) in [6.45, 7) is 7.70. The van der Waals surface area contributed by atoms with Crippen LogP contribution < -0.4 is 0 Å². The molecule has 2 aliphatic heterocycles. The van der Waals surface area contributed by atoms with E-state index in [-0.39, 0.29) is 5.92 Å². The molecular formula is C14H26N2O2S. The number of carbonyl (C=O) groups excluding carboxylic acids is 1. The first-order valence-electron chi connectivity index (χ1n) is 7.32. The van der Waals surface area contributed by atoms with E-state index in [2.05, 4.69) is 16.1 Å². The lowest BCUT2D eigenvalue weighted by atomic mass is 10.1.